The van der Waals surface area contributed by atoms with Crippen LogP contribution in [0.2, 0.25) is 0 Å². The highest BCUT2D eigenvalue weighted by Gasteiger charge is 2.39. The van der Waals surface area contributed by atoms with Crippen molar-refractivity contribution in [3.05, 3.63) is 22.4 Å². The first-order valence-corrected chi connectivity index (χ1v) is 8.03. The van der Waals surface area contributed by atoms with Crippen LogP contribution in [-0.2, 0) is 6.42 Å². The van der Waals surface area contributed by atoms with E-state index >= 15 is 0 Å². The van der Waals surface area contributed by atoms with E-state index in [9.17, 15) is 0 Å². The zero-order chi connectivity index (χ0) is 13.0. The second-order valence-electron chi connectivity index (χ2n) is 5.84. The number of nitrogens with zero attached hydrogens (tertiary/aromatic N) is 1. The van der Waals surface area contributed by atoms with E-state index in [2.05, 4.69) is 35.8 Å². The number of thiophene rings is 1. The van der Waals surface area contributed by atoms with E-state index in [0.29, 0.717) is 6.04 Å². The third kappa shape index (κ3) is 2.95. The fourth-order valence-electron chi connectivity index (χ4n) is 3.34. The minimum atomic E-state index is 0.244. The Hall–Kier alpha value is -0.380. The van der Waals surface area contributed by atoms with Crippen molar-refractivity contribution in [2.45, 2.75) is 56.5 Å². The van der Waals surface area contributed by atoms with Gasteiger partial charge in [0.05, 0.1) is 0 Å². The van der Waals surface area contributed by atoms with Crippen molar-refractivity contribution >= 4 is 11.3 Å². The van der Waals surface area contributed by atoms with Crippen molar-refractivity contribution in [2.24, 2.45) is 5.73 Å². The third-order valence-electron chi connectivity index (χ3n) is 4.62. The topological polar surface area (TPSA) is 29.3 Å². The van der Waals surface area contributed by atoms with Crippen LogP contribution in [0, 0.1) is 0 Å². The van der Waals surface area contributed by atoms with Gasteiger partial charge < -0.3 is 10.6 Å². The van der Waals surface area contributed by atoms with Crippen LogP contribution >= 0.6 is 11.3 Å². The lowest BCUT2D eigenvalue weighted by molar-refractivity contribution is 0.0686. The molecule has 1 atom stereocenters. The SMILES string of the molecule is CN(C)C1(C(N)CCc2ccsc2)CCCCC1. The number of hydrogen-bond donors (Lipinski definition) is 1. The third-order valence-corrected chi connectivity index (χ3v) is 5.36. The Morgan fingerprint density at radius 2 is 2.06 bits per heavy atom. The van der Waals surface area contributed by atoms with Crippen molar-refractivity contribution in [2.75, 3.05) is 14.1 Å². The van der Waals surface area contributed by atoms with E-state index in [1.165, 1.54) is 37.7 Å². The lowest BCUT2D eigenvalue weighted by Gasteiger charge is -2.47. The van der Waals surface area contributed by atoms with E-state index in [1.54, 1.807) is 11.3 Å². The van der Waals surface area contributed by atoms with Gasteiger partial charge in [0.2, 0.25) is 0 Å². The van der Waals surface area contributed by atoms with Crippen LogP contribution in [0.3, 0.4) is 0 Å². The van der Waals surface area contributed by atoms with Gasteiger partial charge in [-0.3, -0.25) is 0 Å². The molecule has 1 heterocycles. The minimum Gasteiger partial charge on any atom is -0.326 e. The summed E-state index contributed by atoms with van der Waals surface area (Å²) in [5, 5.41) is 4.40. The molecule has 1 saturated carbocycles. The Morgan fingerprint density at radius 1 is 1.33 bits per heavy atom. The molecule has 1 fully saturated rings. The second-order valence-corrected chi connectivity index (χ2v) is 6.62. The van der Waals surface area contributed by atoms with Gasteiger partial charge in [0.1, 0.15) is 0 Å². The molecule has 0 spiro atoms. The van der Waals surface area contributed by atoms with Gasteiger partial charge in [-0.1, -0.05) is 19.3 Å². The molecule has 2 nitrogen and oxygen atoms in total. The van der Waals surface area contributed by atoms with Crippen LogP contribution in [-0.4, -0.2) is 30.6 Å². The summed E-state index contributed by atoms with van der Waals surface area (Å²) in [5.74, 6) is 0. The van der Waals surface area contributed by atoms with Crippen molar-refractivity contribution in [3.8, 4) is 0 Å². The molecule has 1 unspecified atom stereocenters. The number of hydrogen-bond acceptors (Lipinski definition) is 3. The van der Waals surface area contributed by atoms with E-state index in [0.717, 1.165) is 12.8 Å². The van der Waals surface area contributed by atoms with Gasteiger partial charge in [-0.2, -0.15) is 11.3 Å². The summed E-state index contributed by atoms with van der Waals surface area (Å²) in [6, 6.07) is 2.52. The van der Waals surface area contributed by atoms with E-state index in [4.69, 9.17) is 5.73 Å². The molecule has 0 radical (unpaired) electrons. The zero-order valence-electron chi connectivity index (χ0n) is 11.7. The molecular formula is C15H26N2S. The maximum absolute atomic E-state index is 6.56. The lowest BCUT2D eigenvalue weighted by atomic mass is 9.74. The average molecular weight is 266 g/mol. The molecule has 0 bridgehead atoms. The smallest absolute Gasteiger partial charge is 0.0354 e. The Kier molecular flexibility index (Phi) is 4.82. The average Bonchev–Trinajstić information content (AvgIpc) is 2.89. The van der Waals surface area contributed by atoms with Crippen LogP contribution in [0.1, 0.15) is 44.1 Å². The predicted molar refractivity (Wildman–Crippen MR) is 80.1 cm³/mol. The monoisotopic (exact) mass is 266 g/mol. The fraction of sp³-hybridized carbons (Fsp3) is 0.733. The van der Waals surface area contributed by atoms with Crippen molar-refractivity contribution in [1.82, 2.24) is 4.90 Å². The van der Waals surface area contributed by atoms with Crippen molar-refractivity contribution in [3.63, 3.8) is 0 Å². The molecule has 2 N–H and O–H groups in total. The number of likely N-dealkylation sites (N-methyl/N-ethyl adjacent to an activating group) is 1. The Bertz CT molecular complexity index is 339. The molecule has 1 aromatic heterocycles. The Morgan fingerprint density at radius 3 is 2.61 bits per heavy atom. The first kappa shape index (κ1) is 14.0. The quantitative estimate of drug-likeness (QED) is 0.886. The highest BCUT2D eigenvalue weighted by atomic mass is 32.1. The van der Waals surface area contributed by atoms with Crippen molar-refractivity contribution in [1.29, 1.82) is 0 Å². The molecule has 3 heteroatoms. The number of aryl methyl sites for hydroxylation is 1. The summed E-state index contributed by atoms with van der Waals surface area (Å²) in [4.78, 5) is 2.39. The fourth-order valence-corrected chi connectivity index (χ4v) is 4.04. The maximum Gasteiger partial charge on any atom is 0.0354 e. The standard InChI is InChI=1S/C15H26N2S/c1-17(2)15(9-4-3-5-10-15)14(16)7-6-13-8-11-18-12-13/h8,11-12,14H,3-7,9-10,16H2,1-2H3. The number of rotatable bonds is 5. The van der Waals surface area contributed by atoms with E-state index in [-0.39, 0.29) is 5.54 Å². The summed E-state index contributed by atoms with van der Waals surface area (Å²) in [6.07, 6.45) is 8.83. The number of nitrogens with two attached hydrogens (primary N) is 1. The molecule has 18 heavy (non-hydrogen) atoms. The Balaban J connectivity index is 1.97. The molecule has 0 aliphatic heterocycles. The zero-order valence-corrected chi connectivity index (χ0v) is 12.5. The molecule has 0 amide bonds. The van der Waals surface area contributed by atoms with Gasteiger partial charge in [-0.05, 0) is 62.2 Å². The second kappa shape index (κ2) is 6.18. The molecule has 2 rings (SSSR count). The molecule has 1 aliphatic carbocycles. The van der Waals surface area contributed by atoms with Gasteiger partial charge in [-0.25, -0.2) is 0 Å². The van der Waals surface area contributed by atoms with Gasteiger partial charge >= 0.3 is 0 Å². The van der Waals surface area contributed by atoms with E-state index < -0.39 is 0 Å². The predicted octanol–water partition coefficient (Wildman–Crippen LogP) is 3.27. The van der Waals surface area contributed by atoms with Gasteiger partial charge in [0, 0.05) is 11.6 Å². The highest BCUT2D eigenvalue weighted by molar-refractivity contribution is 7.07. The highest BCUT2D eigenvalue weighted by Crippen LogP contribution is 2.35. The minimum absolute atomic E-state index is 0.244. The Labute approximate surface area is 115 Å². The molecular weight excluding hydrogens is 240 g/mol. The molecule has 0 aromatic carbocycles. The lowest BCUT2D eigenvalue weighted by Crippen LogP contribution is -2.58. The molecule has 1 aromatic rings. The first-order valence-electron chi connectivity index (χ1n) is 7.09. The van der Waals surface area contributed by atoms with Crippen LogP contribution in [0.25, 0.3) is 0 Å². The van der Waals surface area contributed by atoms with Crippen LogP contribution in [0.5, 0.6) is 0 Å². The maximum atomic E-state index is 6.56. The normalized spacial score (nSPS) is 21.1. The first-order chi connectivity index (χ1) is 8.65. The van der Waals surface area contributed by atoms with Crippen LogP contribution < -0.4 is 5.73 Å². The van der Waals surface area contributed by atoms with Gasteiger partial charge in [0.15, 0.2) is 0 Å². The van der Waals surface area contributed by atoms with Crippen LogP contribution in [0.15, 0.2) is 16.8 Å². The van der Waals surface area contributed by atoms with Gasteiger partial charge in [0.25, 0.3) is 0 Å². The van der Waals surface area contributed by atoms with E-state index in [1.807, 2.05) is 0 Å². The summed E-state index contributed by atoms with van der Waals surface area (Å²) >= 11 is 1.78. The summed E-state index contributed by atoms with van der Waals surface area (Å²) < 4.78 is 0. The van der Waals surface area contributed by atoms with Crippen LogP contribution in [0.4, 0.5) is 0 Å². The molecule has 0 saturated heterocycles. The molecule has 102 valence electrons. The summed E-state index contributed by atoms with van der Waals surface area (Å²) in [7, 11) is 4.41. The van der Waals surface area contributed by atoms with Crippen molar-refractivity contribution < 1.29 is 0 Å². The largest absolute Gasteiger partial charge is 0.326 e. The summed E-state index contributed by atoms with van der Waals surface area (Å²) in [6.45, 7) is 0. The summed E-state index contributed by atoms with van der Waals surface area (Å²) in [5.41, 5.74) is 8.25. The molecule has 1 aliphatic rings. The van der Waals surface area contributed by atoms with Gasteiger partial charge in [-0.15, -0.1) is 0 Å².